The number of ether oxygens (including phenoxy) is 2. The highest BCUT2D eigenvalue weighted by atomic mass is 79.9. The highest BCUT2D eigenvalue weighted by molar-refractivity contribution is 9.10. The van der Waals surface area contributed by atoms with Gasteiger partial charge in [0.15, 0.2) is 11.5 Å². The number of benzene rings is 2. The summed E-state index contributed by atoms with van der Waals surface area (Å²) >= 11 is 3.45. The monoisotopic (exact) mass is 349 g/mol. The van der Waals surface area contributed by atoms with Gasteiger partial charge in [0, 0.05) is 17.1 Å². The van der Waals surface area contributed by atoms with Gasteiger partial charge in [-0.25, -0.2) is 0 Å². The number of methoxy groups -OCH3 is 1. The number of rotatable bonds is 7. The molecule has 3 nitrogen and oxygen atoms in total. The molecule has 0 saturated heterocycles. The molecule has 2 rings (SSSR count). The van der Waals surface area contributed by atoms with E-state index in [1.165, 1.54) is 5.56 Å². The average molecular weight is 350 g/mol. The average Bonchev–Trinajstić information content (AvgIpc) is 2.52. The van der Waals surface area contributed by atoms with Crippen LogP contribution in [0.25, 0.3) is 0 Å². The molecule has 112 valence electrons. The van der Waals surface area contributed by atoms with Gasteiger partial charge in [0.25, 0.3) is 0 Å². The molecule has 1 N–H and O–H groups in total. The van der Waals surface area contributed by atoms with Crippen molar-refractivity contribution in [1.29, 1.82) is 0 Å². The Kier molecular flexibility index (Phi) is 6.08. The molecule has 0 fully saturated rings. The highest BCUT2D eigenvalue weighted by Gasteiger charge is 2.05. The van der Waals surface area contributed by atoms with E-state index in [1.54, 1.807) is 7.11 Å². The van der Waals surface area contributed by atoms with E-state index in [1.807, 2.05) is 24.3 Å². The number of hydrogen-bond acceptors (Lipinski definition) is 3. The Morgan fingerprint density at radius 1 is 1.05 bits per heavy atom. The van der Waals surface area contributed by atoms with Crippen LogP contribution in [-0.2, 0) is 0 Å². The van der Waals surface area contributed by atoms with E-state index in [0.29, 0.717) is 12.6 Å². The Labute approximate surface area is 134 Å². The van der Waals surface area contributed by atoms with Crippen LogP contribution in [0, 0.1) is 0 Å². The zero-order valence-electron chi connectivity index (χ0n) is 12.3. The van der Waals surface area contributed by atoms with Gasteiger partial charge >= 0.3 is 0 Å². The Hall–Kier alpha value is -1.52. The summed E-state index contributed by atoms with van der Waals surface area (Å²) in [5.74, 6) is 1.54. The summed E-state index contributed by atoms with van der Waals surface area (Å²) in [5.41, 5.74) is 1.26. The molecule has 0 heterocycles. The lowest BCUT2D eigenvalue weighted by molar-refractivity contribution is 0.288. The molecular weight excluding hydrogens is 330 g/mol. The van der Waals surface area contributed by atoms with Crippen LogP contribution in [-0.4, -0.2) is 20.3 Å². The molecule has 1 atom stereocenters. The van der Waals surface area contributed by atoms with Gasteiger partial charge in [0.2, 0.25) is 0 Å². The second kappa shape index (κ2) is 8.05. The molecule has 0 aliphatic carbocycles. The van der Waals surface area contributed by atoms with Crippen molar-refractivity contribution in [2.75, 3.05) is 20.3 Å². The molecule has 0 radical (unpaired) electrons. The SMILES string of the molecule is COc1ccccc1OCCN[C@@H](C)c1ccc(Br)cc1. The molecule has 2 aromatic rings. The van der Waals surface area contributed by atoms with Crippen molar-refractivity contribution in [3.05, 3.63) is 58.6 Å². The zero-order valence-corrected chi connectivity index (χ0v) is 13.9. The predicted octanol–water partition coefficient (Wildman–Crippen LogP) is 4.19. The molecule has 2 aromatic carbocycles. The van der Waals surface area contributed by atoms with E-state index in [9.17, 15) is 0 Å². The third-order valence-corrected chi connectivity index (χ3v) is 3.78. The van der Waals surface area contributed by atoms with Gasteiger partial charge in [-0.15, -0.1) is 0 Å². The lowest BCUT2D eigenvalue weighted by Gasteiger charge is -2.15. The van der Waals surface area contributed by atoms with E-state index in [2.05, 4.69) is 52.4 Å². The fourth-order valence-electron chi connectivity index (χ4n) is 2.04. The van der Waals surface area contributed by atoms with Gasteiger partial charge in [0.1, 0.15) is 6.61 Å². The number of halogens is 1. The molecule has 21 heavy (non-hydrogen) atoms. The molecule has 0 spiro atoms. The fraction of sp³-hybridized carbons (Fsp3) is 0.294. The predicted molar refractivity (Wildman–Crippen MR) is 89.0 cm³/mol. The molecule has 0 unspecified atom stereocenters. The van der Waals surface area contributed by atoms with Crippen LogP contribution in [0.5, 0.6) is 11.5 Å². The van der Waals surface area contributed by atoms with E-state index in [0.717, 1.165) is 22.5 Å². The summed E-state index contributed by atoms with van der Waals surface area (Å²) in [4.78, 5) is 0. The summed E-state index contributed by atoms with van der Waals surface area (Å²) in [6.45, 7) is 3.52. The minimum Gasteiger partial charge on any atom is -0.493 e. The fourth-order valence-corrected chi connectivity index (χ4v) is 2.31. The smallest absolute Gasteiger partial charge is 0.161 e. The second-order valence-corrected chi connectivity index (χ2v) is 5.64. The number of hydrogen-bond donors (Lipinski definition) is 1. The van der Waals surface area contributed by atoms with Gasteiger partial charge < -0.3 is 14.8 Å². The standard InChI is InChI=1S/C17H20BrNO2/c1-13(14-7-9-15(18)10-8-14)19-11-12-21-17-6-4-3-5-16(17)20-2/h3-10,13,19H,11-12H2,1-2H3/t13-/m0/s1. The topological polar surface area (TPSA) is 30.5 Å². The van der Waals surface area contributed by atoms with Crippen molar-refractivity contribution >= 4 is 15.9 Å². The van der Waals surface area contributed by atoms with Crippen LogP contribution in [0.4, 0.5) is 0 Å². The van der Waals surface area contributed by atoms with Crippen LogP contribution in [0.1, 0.15) is 18.5 Å². The van der Waals surface area contributed by atoms with Crippen molar-refractivity contribution in [3.63, 3.8) is 0 Å². The Morgan fingerprint density at radius 3 is 2.38 bits per heavy atom. The summed E-state index contributed by atoms with van der Waals surface area (Å²) in [6.07, 6.45) is 0. The van der Waals surface area contributed by atoms with E-state index in [-0.39, 0.29) is 0 Å². The first kappa shape index (κ1) is 15.9. The highest BCUT2D eigenvalue weighted by Crippen LogP contribution is 2.25. The largest absolute Gasteiger partial charge is 0.493 e. The maximum Gasteiger partial charge on any atom is 0.161 e. The third-order valence-electron chi connectivity index (χ3n) is 3.25. The number of para-hydroxylation sites is 2. The normalized spacial score (nSPS) is 12.0. The van der Waals surface area contributed by atoms with Gasteiger partial charge in [-0.3, -0.25) is 0 Å². The third kappa shape index (κ3) is 4.76. The van der Waals surface area contributed by atoms with Crippen LogP contribution in [0.2, 0.25) is 0 Å². The second-order valence-electron chi connectivity index (χ2n) is 4.73. The van der Waals surface area contributed by atoms with E-state index >= 15 is 0 Å². The summed E-state index contributed by atoms with van der Waals surface area (Å²) in [6, 6.07) is 16.3. The molecule has 0 aromatic heterocycles. The zero-order chi connectivity index (χ0) is 15.1. The van der Waals surface area contributed by atoms with Crippen molar-refractivity contribution in [2.45, 2.75) is 13.0 Å². The minimum atomic E-state index is 0.291. The molecule has 0 aliphatic rings. The van der Waals surface area contributed by atoms with Gasteiger partial charge in [-0.2, -0.15) is 0 Å². The van der Waals surface area contributed by atoms with Crippen molar-refractivity contribution < 1.29 is 9.47 Å². The quantitative estimate of drug-likeness (QED) is 0.760. The van der Waals surface area contributed by atoms with Gasteiger partial charge in [0.05, 0.1) is 7.11 Å². The van der Waals surface area contributed by atoms with Crippen LogP contribution >= 0.6 is 15.9 Å². The molecule has 4 heteroatoms. The first-order chi connectivity index (χ1) is 10.2. The van der Waals surface area contributed by atoms with E-state index < -0.39 is 0 Å². The van der Waals surface area contributed by atoms with Crippen LogP contribution in [0.3, 0.4) is 0 Å². The van der Waals surface area contributed by atoms with Crippen LogP contribution < -0.4 is 14.8 Å². The lowest BCUT2D eigenvalue weighted by Crippen LogP contribution is -2.24. The summed E-state index contributed by atoms with van der Waals surface area (Å²) < 4.78 is 12.1. The molecular formula is C17H20BrNO2. The van der Waals surface area contributed by atoms with Crippen LogP contribution in [0.15, 0.2) is 53.0 Å². The summed E-state index contributed by atoms with van der Waals surface area (Å²) in [5, 5.41) is 3.44. The lowest BCUT2D eigenvalue weighted by atomic mass is 10.1. The first-order valence-corrected chi connectivity index (χ1v) is 7.74. The molecule has 0 aliphatic heterocycles. The molecule has 0 amide bonds. The maximum absolute atomic E-state index is 5.74. The summed E-state index contributed by atoms with van der Waals surface area (Å²) in [7, 11) is 1.65. The van der Waals surface area contributed by atoms with Crippen molar-refractivity contribution in [3.8, 4) is 11.5 Å². The Morgan fingerprint density at radius 2 is 1.71 bits per heavy atom. The van der Waals surface area contributed by atoms with Gasteiger partial charge in [-0.1, -0.05) is 40.2 Å². The first-order valence-electron chi connectivity index (χ1n) is 6.95. The van der Waals surface area contributed by atoms with Crippen molar-refractivity contribution in [2.24, 2.45) is 0 Å². The minimum absolute atomic E-state index is 0.291. The maximum atomic E-state index is 5.74. The molecule has 0 saturated carbocycles. The number of nitrogens with one attached hydrogen (secondary N) is 1. The Balaban J connectivity index is 1.78. The molecule has 0 bridgehead atoms. The van der Waals surface area contributed by atoms with E-state index in [4.69, 9.17) is 9.47 Å². The van der Waals surface area contributed by atoms with Gasteiger partial charge in [-0.05, 0) is 36.8 Å². The van der Waals surface area contributed by atoms with Crippen molar-refractivity contribution in [1.82, 2.24) is 5.32 Å². The Bertz CT molecular complexity index is 557.